The number of hydrogen-bond acceptors (Lipinski definition) is 6. The summed E-state index contributed by atoms with van der Waals surface area (Å²) < 4.78 is 10.2. The number of hydrogen-bond donors (Lipinski definition) is 1. The first-order chi connectivity index (χ1) is 10.0. The van der Waals surface area contributed by atoms with Crippen LogP contribution in [-0.2, 0) is 4.74 Å². The summed E-state index contributed by atoms with van der Waals surface area (Å²) in [6.45, 7) is 5.95. The fourth-order valence-corrected chi connectivity index (χ4v) is 2.74. The highest BCUT2D eigenvalue weighted by atomic mass is 32.1. The Morgan fingerprint density at radius 1 is 1.38 bits per heavy atom. The van der Waals surface area contributed by atoms with Crippen LogP contribution < -0.4 is 10.1 Å². The van der Waals surface area contributed by atoms with Crippen molar-refractivity contribution in [3.63, 3.8) is 0 Å². The molecule has 2 rings (SSSR count). The van der Waals surface area contributed by atoms with E-state index >= 15 is 0 Å². The first-order valence-corrected chi connectivity index (χ1v) is 7.43. The summed E-state index contributed by atoms with van der Waals surface area (Å²) in [6, 6.07) is 5.77. The SMILES string of the molecule is CCOC(=O)c1nc(Nc2ccc(OC)c(C)c2)sc1C. The second kappa shape index (κ2) is 6.58. The average Bonchev–Trinajstić information content (AvgIpc) is 2.80. The number of methoxy groups -OCH3 is 1. The Morgan fingerprint density at radius 2 is 2.14 bits per heavy atom. The second-order valence-electron chi connectivity index (χ2n) is 4.45. The van der Waals surface area contributed by atoms with E-state index < -0.39 is 0 Å². The van der Waals surface area contributed by atoms with Crippen LogP contribution in [0.5, 0.6) is 5.75 Å². The molecule has 0 amide bonds. The molecule has 0 spiro atoms. The highest BCUT2D eigenvalue weighted by molar-refractivity contribution is 7.15. The van der Waals surface area contributed by atoms with E-state index in [0.29, 0.717) is 17.4 Å². The molecular formula is C15H18N2O3S. The number of carbonyl (C=O) groups excluding carboxylic acids is 1. The molecular weight excluding hydrogens is 288 g/mol. The van der Waals surface area contributed by atoms with Crippen LogP contribution in [0.2, 0.25) is 0 Å². The first kappa shape index (κ1) is 15.3. The lowest BCUT2D eigenvalue weighted by molar-refractivity contribution is 0.0519. The molecule has 0 aliphatic carbocycles. The summed E-state index contributed by atoms with van der Waals surface area (Å²) in [5.41, 5.74) is 2.30. The molecule has 1 N–H and O–H groups in total. The van der Waals surface area contributed by atoms with Crippen LogP contribution in [0.25, 0.3) is 0 Å². The Morgan fingerprint density at radius 3 is 2.76 bits per heavy atom. The van der Waals surface area contributed by atoms with E-state index in [-0.39, 0.29) is 5.97 Å². The van der Waals surface area contributed by atoms with Crippen LogP contribution in [0.1, 0.15) is 27.9 Å². The molecule has 1 heterocycles. The van der Waals surface area contributed by atoms with Crippen molar-refractivity contribution in [2.24, 2.45) is 0 Å². The lowest BCUT2D eigenvalue weighted by atomic mass is 10.2. The minimum Gasteiger partial charge on any atom is -0.496 e. The van der Waals surface area contributed by atoms with Crippen molar-refractivity contribution in [3.05, 3.63) is 34.3 Å². The maximum Gasteiger partial charge on any atom is 0.358 e. The van der Waals surface area contributed by atoms with Crippen molar-refractivity contribution in [2.75, 3.05) is 19.0 Å². The molecule has 2 aromatic rings. The smallest absolute Gasteiger partial charge is 0.358 e. The zero-order chi connectivity index (χ0) is 15.4. The normalized spacial score (nSPS) is 10.3. The molecule has 112 valence electrons. The van der Waals surface area contributed by atoms with Gasteiger partial charge in [0.2, 0.25) is 0 Å². The molecule has 0 fully saturated rings. The number of carbonyl (C=O) groups is 1. The van der Waals surface area contributed by atoms with E-state index in [2.05, 4.69) is 10.3 Å². The van der Waals surface area contributed by atoms with Gasteiger partial charge in [0.05, 0.1) is 13.7 Å². The third-order valence-corrected chi connectivity index (χ3v) is 3.80. The Balaban J connectivity index is 2.18. The van der Waals surface area contributed by atoms with E-state index in [1.165, 1.54) is 11.3 Å². The molecule has 0 saturated carbocycles. The van der Waals surface area contributed by atoms with Crippen molar-refractivity contribution in [2.45, 2.75) is 20.8 Å². The van der Waals surface area contributed by atoms with Crippen LogP contribution >= 0.6 is 11.3 Å². The van der Waals surface area contributed by atoms with Gasteiger partial charge in [-0.25, -0.2) is 9.78 Å². The lowest BCUT2D eigenvalue weighted by Gasteiger charge is -2.07. The number of rotatable bonds is 5. The topological polar surface area (TPSA) is 60.5 Å². The number of esters is 1. The second-order valence-corrected chi connectivity index (χ2v) is 5.66. The van der Waals surface area contributed by atoms with Gasteiger partial charge in [0.25, 0.3) is 0 Å². The fourth-order valence-electron chi connectivity index (χ4n) is 1.92. The first-order valence-electron chi connectivity index (χ1n) is 6.61. The van der Waals surface area contributed by atoms with Gasteiger partial charge in [0.15, 0.2) is 10.8 Å². The number of aryl methyl sites for hydroxylation is 2. The third kappa shape index (κ3) is 3.52. The molecule has 1 aromatic heterocycles. The number of ether oxygens (including phenoxy) is 2. The Hall–Kier alpha value is -2.08. The van der Waals surface area contributed by atoms with Crippen molar-refractivity contribution in [1.82, 2.24) is 4.98 Å². The summed E-state index contributed by atoms with van der Waals surface area (Å²) >= 11 is 1.42. The van der Waals surface area contributed by atoms with E-state index in [4.69, 9.17) is 9.47 Å². The van der Waals surface area contributed by atoms with E-state index in [1.807, 2.05) is 32.0 Å². The number of aromatic nitrogens is 1. The zero-order valence-corrected chi connectivity index (χ0v) is 13.3. The Labute approximate surface area is 127 Å². The van der Waals surface area contributed by atoms with Crippen molar-refractivity contribution in [3.8, 4) is 5.75 Å². The minimum atomic E-state index is -0.384. The highest BCUT2D eigenvalue weighted by Gasteiger charge is 2.16. The summed E-state index contributed by atoms with van der Waals surface area (Å²) in [5.74, 6) is 0.452. The maximum atomic E-state index is 11.7. The van der Waals surface area contributed by atoms with Gasteiger partial charge in [0, 0.05) is 10.6 Å². The molecule has 0 atom stereocenters. The standard InChI is InChI=1S/C15H18N2O3S/c1-5-20-14(18)13-10(3)21-15(17-13)16-11-6-7-12(19-4)9(2)8-11/h6-8H,5H2,1-4H3,(H,16,17). The maximum absolute atomic E-state index is 11.7. The van der Waals surface area contributed by atoms with Gasteiger partial charge in [0.1, 0.15) is 5.75 Å². The van der Waals surface area contributed by atoms with Gasteiger partial charge >= 0.3 is 5.97 Å². The van der Waals surface area contributed by atoms with E-state index in [0.717, 1.165) is 21.9 Å². The summed E-state index contributed by atoms with van der Waals surface area (Å²) in [6.07, 6.45) is 0. The van der Waals surface area contributed by atoms with Gasteiger partial charge in [-0.1, -0.05) is 0 Å². The molecule has 0 saturated heterocycles. The number of nitrogens with one attached hydrogen (secondary N) is 1. The highest BCUT2D eigenvalue weighted by Crippen LogP contribution is 2.28. The minimum absolute atomic E-state index is 0.343. The van der Waals surface area contributed by atoms with Gasteiger partial charge in [-0.05, 0) is 44.5 Å². The van der Waals surface area contributed by atoms with Crippen LogP contribution in [0.3, 0.4) is 0 Å². The van der Waals surface area contributed by atoms with Crippen LogP contribution in [0.4, 0.5) is 10.8 Å². The Kier molecular flexibility index (Phi) is 4.80. The number of thiazole rings is 1. The predicted molar refractivity (Wildman–Crippen MR) is 83.8 cm³/mol. The van der Waals surface area contributed by atoms with Crippen LogP contribution in [-0.4, -0.2) is 24.7 Å². The predicted octanol–water partition coefficient (Wildman–Crippen LogP) is 3.69. The molecule has 21 heavy (non-hydrogen) atoms. The van der Waals surface area contributed by atoms with E-state index in [1.54, 1.807) is 14.0 Å². The summed E-state index contributed by atoms with van der Waals surface area (Å²) in [4.78, 5) is 16.9. The lowest BCUT2D eigenvalue weighted by Crippen LogP contribution is -2.06. The zero-order valence-electron chi connectivity index (χ0n) is 12.5. The molecule has 0 aliphatic heterocycles. The molecule has 0 aliphatic rings. The van der Waals surface area contributed by atoms with Gasteiger partial charge in [-0.15, -0.1) is 11.3 Å². The largest absolute Gasteiger partial charge is 0.496 e. The number of anilines is 2. The molecule has 0 radical (unpaired) electrons. The molecule has 6 heteroatoms. The Bertz CT molecular complexity index is 652. The molecule has 1 aromatic carbocycles. The number of nitrogens with zero attached hydrogens (tertiary/aromatic N) is 1. The van der Waals surface area contributed by atoms with Crippen molar-refractivity contribution >= 4 is 28.1 Å². The number of benzene rings is 1. The summed E-state index contributed by atoms with van der Waals surface area (Å²) in [5, 5.41) is 3.87. The average molecular weight is 306 g/mol. The fraction of sp³-hybridized carbons (Fsp3) is 0.333. The third-order valence-electron chi connectivity index (χ3n) is 2.91. The van der Waals surface area contributed by atoms with Crippen LogP contribution in [0.15, 0.2) is 18.2 Å². The van der Waals surface area contributed by atoms with E-state index in [9.17, 15) is 4.79 Å². The quantitative estimate of drug-likeness (QED) is 0.854. The van der Waals surface area contributed by atoms with Crippen molar-refractivity contribution < 1.29 is 14.3 Å². The van der Waals surface area contributed by atoms with Gasteiger partial charge < -0.3 is 14.8 Å². The molecule has 0 unspecified atom stereocenters. The monoisotopic (exact) mass is 306 g/mol. The van der Waals surface area contributed by atoms with Gasteiger partial charge in [-0.2, -0.15) is 0 Å². The summed E-state index contributed by atoms with van der Waals surface area (Å²) in [7, 11) is 1.64. The van der Waals surface area contributed by atoms with Crippen molar-refractivity contribution in [1.29, 1.82) is 0 Å². The molecule has 5 nitrogen and oxygen atoms in total. The van der Waals surface area contributed by atoms with Crippen LogP contribution in [0, 0.1) is 13.8 Å². The van der Waals surface area contributed by atoms with Gasteiger partial charge in [-0.3, -0.25) is 0 Å². The molecule has 0 bridgehead atoms.